The quantitative estimate of drug-likeness (QED) is 0.579. The van der Waals surface area contributed by atoms with Crippen LogP contribution in [0.4, 0.5) is 11.4 Å². The number of carbonyl (C=O) groups is 2. The number of sulfonamides is 1. The highest BCUT2D eigenvalue weighted by molar-refractivity contribution is 7.92. The minimum atomic E-state index is -3.83. The molecular weight excluding hydrogens is 408 g/mol. The van der Waals surface area contributed by atoms with Crippen LogP contribution in [0.3, 0.4) is 0 Å². The van der Waals surface area contributed by atoms with Gasteiger partial charge >= 0.3 is 0 Å². The van der Waals surface area contributed by atoms with Crippen molar-refractivity contribution in [2.24, 2.45) is 11.8 Å². The lowest BCUT2D eigenvalue weighted by Gasteiger charge is -2.18. The van der Waals surface area contributed by atoms with Gasteiger partial charge in [-0.2, -0.15) is 0 Å². The number of fused-ring (bicyclic) bond motifs is 5. The van der Waals surface area contributed by atoms with Gasteiger partial charge in [-0.05, 0) is 48.5 Å². The number of rotatable bonds is 5. The highest BCUT2D eigenvalue weighted by Gasteiger charge is 2.61. The Morgan fingerprint density at radius 3 is 2.00 bits per heavy atom. The molecule has 0 aromatic heterocycles. The van der Waals surface area contributed by atoms with Crippen LogP contribution in [0.1, 0.15) is 0 Å². The SMILES string of the molecule is COc1ccc(NS(=O)(=O)c2ccc(N3C(=O)C4C(C3=O)[C@H]3C=C[C@@H]4O3)cc2)cc1. The minimum absolute atomic E-state index is 0.0198. The van der Waals surface area contributed by atoms with Crippen LogP contribution in [0.25, 0.3) is 0 Å². The molecule has 1 N–H and O–H groups in total. The maximum atomic E-state index is 12.8. The van der Waals surface area contributed by atoms with Gasteiger partial charge in [-0.1, -0.05) is 12.2 Å². The molecule has 2 aromatic rings. The summed E-state index contributed by atoms with van der Waals surface area (Å²) >= 11 is 0. The normalized spacial score (nSPS) is 26.9. The van der Waals surface area contributed by atoms with Gasteiger partial charge in [0.2, 0.25) is 11.8 Å². The molecule has 2 amide bonds. The second kappa shape index (κ2) is 6.68. The van der Waals surface area contributed by atoms with Gasteiger partial charge in [-0.3, -0.25) is 14.3 Å². The predicted molar refractivity (Wildman–Crippen MR) is 108 cm³/mol. The topological polar surface area (TPSA) is 102 Å². The lowest BCUT2D eigenvalue weighted by Crippen LogP contribution is -2.34. The maximum absolute atomic E-state index is 12.8. The van der Waals surface area contributed by atoms with E-state index in [1.807, 2.05) is 12.2 Å². The summed E-state index contributed by atoms with van der Waals surface area (Å²) in [7, 11) is -2.31. The number of nitrogens with zero attached hydrogens (tertiary/aromatic N) is 1. The molecule has 8 nitrogen and oxygen atoms in total. The van der Waals surface area contributed by atoms with E-state index in [-0.39, 0.29) is 28.9 Å². The first-order valence-corrected chi connectivity index (χ1v) is 10.9. The number of hydrogen-bond acceptors (Lipinski definition) is 6. The van der Waals surface area contributed by atoms with E-state index in [2.05, 4.69) is 4.72 Å². The van der Waals surface area contributed by atoms with Gasteiger partial charge < -0.3 is 9.47 Å². The number of ether oxygens (including phenoxy) is 2. The maximum Gasteiger partial charge on any atom is 0.261 e. The molecule has 30 heavy (non-hydrogen) atoms. The Morgan fingerprint density at radius 2 is 1.47 bits per heavy atom. The summed E-state index contributed by atoms with van der Waals surface area (Å²) in [5.41, 5.74) is 0.739. The van der Waals surface area contributed by atoms with Gasteiger partial charge in [0.1, 0.15) is 5.75 Å². The number of hydrogen-bond donors (Lipinski definition) is 1. The lowest BCUT2D eigenvalue weighted by atomic mass is 9.85. The Hall–Kier alpha value is -3.17. The zero-order chi connectivity index (χ0) is 21.0. The molecule has 3 aliphatic heterocycles. The van der Waals surface area contributed by atoms with E-state index in [1.54, 1.807) is 24.3 Å². The van der Waals surface area contributed by atoms with Crippen LogP contribution in [0.5, 0.6) is 5.75 Å². The van der Waals surface area contributed by atoms with Gasteiger partial charge in [-0.15, -0.1) is 0 Å². The molecule has 2 bridgehead atoms. The van der Waals surface area contributed by atoms with Gasteiger partial charge in [0.15, 0.2) is 0 Å². The Morgan fingerprint density at radius 1 is 0.900 bits per heavy atom. The van der Waals surface area contributed by atoms with E-state index < -0.39 is 21.9 Å². The number of imide groups is 1. The van der Waals surface area contributed by atoms with Crippen LogP contribution < -0.4 is 14.4 Å². The van der Waals surface area contributed by atoms with E-state index >= 15 is 0 Å². The number of methoxy groups -OCH3 is 1. The molecule has 0 spiro atoms. The van der Waals surface area contributed by atoms with Crippen LogP contribution in [0, 0.1) is 11.8 Å². The first-order chi connectivity index (χ1) is 14.4. The molecule has 0 aliphatic carbocycles. The lowest BCUT2D eigenvalue weighted by molar-refractivity contribution is -0.124. The highest BCUT2D eigenvalue weighted by Crippen LogP contribution is 2.46. The molecule has 5 rings (SSSR count). The van der Waals surface area contributed by atoms with E-state index in [0.717, 1.165) is 4.90 Å². The fraction of sp³-hybridized carbons (Fsp3) is 0.238. The van der Waals surface area contributed by atoms with Crippen LogP contribution in [0.2, 0.25) is 0 Å². The molecular formula is C21H18N2O6S. The Labute approximate surface area is 173 Å². The van der Waals surface area contributed by atoms with Gasteiger partial charge in [0.25, 0.3) is 10.0 Å². The molecule has 4 atom stereocenters. The van der Waals surface area contributed by atoms with Crippen LogP contribution >= 0.6 is 0 Å². The molecule has 2 fully saturated rings. The van der Waals surface area contributed by atoms with Crippen molar-refractivity contribution >= 4 is 33.2 Å². The third-order valence-electron chi connectivity index (χ3n) is 5.66. The Kier molecular flexibility index (Phi) is 4.19. The minimum Gasteiger partial charge on any atom is -0.497 e. The van der Waals surface area contributed by atoms with Crippen molar-refractivity contribution in [2.75, 3.05) is 16.7 Å². The third-order valence-corrected chi connectivity index (χ3v) is 7.06. The summed E-state index contributed by atoms with van der Waals surface area (Å²) in [6.45, 7) is 0. The van der Waals surface area contributed by atoms with Crippen molar-refractivity contribution in [1.29, 1.82) is 0 Å². The van der Waals surface area contributed by atoms with E-state index in [0.29, 0.717) is 17.1 Å². The number of nitrogens with one attached hydrogen (secondary N) is 1. The van der Waals surface area contributed by atoms with Gasteiger partial charge in [-0.25, -0.2) is 13.3 Å². The summed E-state index contributed by atoms with van der Waals surface area (Å²) in [6.07, 6.45) is 2.91. The van der Waals surface area contributed by atoms with Crippen molar-refractivity contribution in [2.45, 2.75) is 17.1 Å². The van der Waals surface area contributed by atoms with Crippen molar-refractivity contribution in [3.63, 3.8) is 0 Å². The first-order valence-electron chi connectivity index (χ1n) is 9.37. The molecule has 154 valence electrons. The zero-order valence-electron chi connectivity index (χ0n) is 15.9. The Balaban J connectivity index is 1.36. The molecule has 3 aliphatic rings. The smallest absolute Gasteiger partial charge is 0.261 e. The van der Waals surface area contributed by atoms with Crippen LogP contribution in [0.15, 0.2) is 65.6 Å². The summed E-state index contributed by atoms with van der Waals surface area (Å²) in [4.78, 5) is 26.8. The van der Waals surface area contributed by atoms with E-state index in [1.165, 1.54) is 31.4 Å². The Bertz CT molecular complexity index is 1130. The van der Waals surface area contributed by atoms with E-state index in [9.17, 15) is 18.0 Å². The number of benzene rings is 2. The summed E-state index contributed by atoms with van der Waals surface area (Å²) < 4.78 is 38.5. The summed E-state index contributed by atoms with van der Waals surface area (Å²) in [6, 6.07) is 12.2. The second-order valence-electron chi connectivity index (χ2n) is 7.34. The largest absolute Gasteiger partial charge is 0.497 e. The molecule has 0 saturated carbocycles. The summed E-state index contributed by atoms with van der Waals surface area (Å²) in [5, 5.41) is 0. The number of anilines is 2. The van der Waals surface area contributed by atoms with Crippen molar-refractivity contribution in [1.82, 2.24) is 0 Å². The van der Waals surface area contributed by atoms with Crippen molar-refractivity contribution in [3.8, 4) is 5.75 Å². The van der Waals surface area contributed by atoms with Crippen molar-refractivity contribution < 1.29 is 27.5 Å². The van der Waals surface area contributed by atoms with Gasteiger partial charge in [0, 0.05) is 5.69 Å². The highest BCUT2D eigenvalue weighted by atomic mass is 32.2. The molecule has 9 heteroatoms. The monoisotopic (exact) mass is 426 g/mol. The number of carbonyl (C=O) groups excluding carboxylic acids is 2. The van der Waals surface area contributed by atoms with Crippen LogP contribution in [-0.4, -0.2) is 39.5 Å². The zero-order valence-corrected chi connectivity index (χ0v) is 16.7. The van der Waals surface area contributed by atoms with Crippen molar-refractivity contribution in [3.05, 3.63) is 60.7 Å². The first kappa shape index (κ1) is 18.8. The molecule has 3 heterocycles. The summed E-state index contributed by atoms with van der Waals surface area (Å²) in [5.74, 6) is -1.02. The van der Waals surface area contributed by atoms with E-state index in [4.69, 9.17) is 9.47 Å². The van der Waals surface area contributed by atoms with Crippen LogP contribution in [-0.2, 0) is 24.3 Å². The molecule has 2 saturated heterocycles. The average molecular weight is 426 g/mol. The predicted octanol–water partition coefficient (Wildman–Crippen LogP) is 1.94. The fourth-order valence-corrected chi connectivity index (χ4v) is 5.26. The fourth-order valence-electron chi connectivity index (χ4n) is 4.21. The van der Waals surface area contributed by atoms with Gasteiger partial charge in [0.05, 0.1) is 41.7 Å². The molecule has 2 aromatic carbocycles. The second-order valence-corrected chi connectivity index (χ2v) is 9.02. The molecule has 0 radical (unpaired) electrons. The average Bonchev–Trinajstić information content (AvgIpc) is 3.42. The molecule has 2 unspecified atom stereocenters. The third kappa shape index (κ3) is 2.81. The number of amides is 2. The standard InChI is InChI=1S/C21H18N2O6S/c1-28-14-6-2-12(3-7-14)22-30(26,27)15-8-4-13(5-9-15)23-20(24)18-16-10-11-17(29-16)19(18)21(23)25/h2-11,16-19,22H,1H3/t16-,17+,18?,19?.